The minimum atomic E-state index is 0.00377. The Kier molecular flexibility index (Phi) is 6.50. The highest BCUT2D eigenvalue weighted by molar-refractivity contribution is 5.98. The Morgan fingerprint density at radius 2 is 2.27 bits per heavy atom. The fourth-order valence-electron chi connectivity index (χ4n) is 0.680. The molecule has 0 aromatic rings. The van der Waals surface area contributed by atoms with Gasteiger partial charge in [0.05, 0.1) is 6.61 Å². The Balaban J connectivity index is 3.41. The van der Waals surface area contributed by atoms with Gasteiger partial charge >= 0.3 is 0 Å². The van der Waals surface area contributed by atoms with E-state index in [0.29, 0.717) is 12.5 Å². The molecular weight excluding hydrogens is 156 g/mol. The van der Waals surface area contributed by atoms with Crippen LogP contribution in [0.5, 0.6) is 0 Å². The van der Waals surface area contributed by atoms with Crippen molar-refractivity contribution in [2.45, 2.75) is 26.6 Å². The quantitative estimate of drug-likeness (QED) is 0.338. The number of hydrogen-bond donors (Lipinski definition) is 0. The van der Waals surface area contributed by atoms with Crippen LogP contribution >= 0.6 is 0 Å². The zero-order chi connectivity index (χ0) is 8.69. The molecule has 0 aliphatic rings. The second-order valence-corrected chi connectivity index (χ2v) is 3.09. The third-order valence-corrected chi connectivity index (χ3v) is 2.07. The van der Waals surface area contributed by atoms with Gasteiger partial charge in [-0.1, -0.05) is 19.9 Å². The van der Waals surface area contributed by atoms with Crippen molar-refractivity contribution in [2.75, 3.05) is 6.61 Å². The predicted molar refractivity (Wildman–Crippen MR) is 50.4 cm³/mol. The van der Waals surface area contributed by atoms with Gasteiger partial charge < -0.3 is 9.16 Å². The van der Waals surface area contributed by atoms with Crippen LogP contribution < -0.4 is 0 Å². The first-order chi connectivity index (χ1) is 5.24. The van der Waals surface area contributed by atoms with Gasteiger partial charge in [0.15, 0.2) is 0 Å². The Morgan fingerprint density at radius 3 is 2.64 bits per heavy atom. The topological polar surface area (TPSA) is 18.5 Å². The van der Waals surface area contributed by atoms with Crippen molar-refractivity contribution in [3.8, 4) is 0 Å². The lowest BCUT2D eigenvalue weighted by atomic mass is 10.2. The lowest BCUT2D eigenvalue weighted by molar-refractivity contribution is -0.0843. The second kappa shape index (κ2) is 6.58. The first-order valence-electron chi connectivity index (χ1n) is 4.01. The van der Waals surface area contributed by atoms with Gasteiger partial charge in [-0.15, -0.1) is 6.58 Å². The highest BCUT2D eigenvalue weighted by Gasteiger charge is 2.04. The molecule has 11 heavy (non-hydrogen) atoms. The van der Waals surface area contributed by atoms with Crippen LogP contribution in [0, 0.1) is 5.92 Å². The first-order valence-corrected chi connectivity index (χ1v) is 4.83. The molecule has 2 unspecified atom stereocenters. The Morgan fingerprint density at radius 1 is 1.64 bits per heavy atom. The molecule has 0 aromatic carbocycles. The molecule has 0 saturated carbocycles. The van der Waals surface area contributed by atoms with E-state index in [0.717, 1.165) is 16.9 Å². The normalized spacial score (nSPS) is 16.2. The Bertz CT molecular complexity index is 102. The van der Waals surface area contributed by atoms with Crippen molar-refractivity contribution in [1.82, 2.24) is 0 Å². The third kappa shape index (κ3) is 5.18. The van der Waals surface area contributed by atoms with E-state index in [4.69, 9.17) is 9.16 Å². The molecule has 0 bridgehead atoms. The summed E-state index contributed by atoms with van der Waals surface area (Å²) >= 11 is 0. The highest BCUT2D eigenvalue weighted by Crippen LogP contribution is 2.02. The molecule has 0 aromatic heterocycles. The summed E-state index contributed by atoms with van der Waals surface area (Å²) in [7, 11) is 0.743. The van der Waals surface area contributed by atoms with Crippen molar-refractivity contribution in [3.05, 3.63) is 12.7 Å². The minimum absolute atomic E-state index is 0.00377. The molecule has 0 heterocycles. The summed E-state index contributed by atoms with van der Waals surface area (Å²) in [5.41, 5.74) is 0. The predicted octanol–water partition coefficient (Wildman–Crippen LogP) is 0.858. The van der Waals surface area contributed by atoms with Crippen molar-refractivity contribution in [1.29, 1.82) is 0 Å². The lowest BCUT2D eigenvalue weighted by Gasteiger charge is -2.16. The summed E-state index contributed by atoms with van der Waals surface area (Å²) in [6.45, 7) is 8.52. The van der Waals surface area contributed by atoms with Crippen molar-refractivity contribution < 1.29 is 9.16 Å². The lowest BCUT2D eigenvalue weighted by Crippen LogP contribution is -2.17. The van der Waals surface area contributed by atoms with E-state index >= 15 is 0 Å². The van der Waals surface area contributed by atoms with Crippen LogP contribution in [-0.4, -0.2) is 23.4 Å². The molecule has 66 valence electrons. The van der Waals surface area contributed by atoms with Crippen molar-refractivity contribution in [3.63, 3.8) is 0 Å². The maximum absolute atomic E-state index is 5.43. The number of hydrogen-bond acceptors (Lipinski definition) is 2. The maximum Gasteiger partial charge on any atom is 0.149 e. The minimum Gasteiger partial charge on any atom is -0.404 e. The van der Waals surface area contributed by atoms with Crippen LogP contribution in [0.1, 0.15) is 20.3 Å². The molecule has 0 spiro atoms. The molecule has 0 radical (unpaired) electrons. The van der Waals surface area contributed by atoms with Crippen LogP contribution in [0.2, 0.25) is 0 Å². The van der Waals surface area contributed by atoms with Gasteiger partial charge in [-0.2, -0.15) is 0 Å². The molecule has 0 rings (SSSR count). The van der Waals surface area contributed by atoms with Gasteiger partial charge in [-0.25, -0.2) is 0 Å². The highest BCUT2D eigenvalue weighted by atomic mass is 28.2. The zero-order valence-electron chi connectivity index (χ0n) is 7.67. The van der Waals surface area contributed by atoms with E-state index in [1.54, 1.807) is 0 Å². The number of rotatable bonds is 6. The summed E-state index contributed by atoms with van der Waals surface area (Å²) in [4.78, 5) is 0. The Hall–Kier alpha value is -0.123. The summed E-state index contributed by atoms with van der Waals surface area (Å²) in [5.74, 6) is 0.417. The average molecular weight is 174 g/mol. The summed E-state index contributed by atoms with van der Waals surface area (Å²) in [6, 6.07) is 0. The molecule has 0 fully saturated rings. The molecule has 2 atom stereocenters. The summed E-state index contributed by atoms with van der Waals surface area (Å²) in [6.07, 6.45) is 2.82. The number of ether oxygens (including phenoxy) is 1. The fourth-order valence-corrected chi connectivity index (χ4v) is 1.15. The van der Waals surface area contributed by atoms with Crippen LogP contribution in [0.3, 0.4) is 0 Å². The average Bonchev–Trinajstić information content (AvgIpc) is 2.06. The zero-order valence-corrected chi connectivity index (χ0v) is 9.67. The molecule has 3 heteroatoms. The molecule has 0 N–H and O–H groups in total. The molecular formula is C8H18O2Si. The molecule has 0 saturated heterocycles. The van der Waals surface area contributed by atoms with E-state index in [1.165, 1.54) is 0 Å². The molecule has 0 aliphatic carbocycles. The van der Waals surface area contributed by atoms with E-state index < -0.39 is 0 Å². The van der Waals surface area contributed by atoms with Gasteiger partial charge in [-0.3, -0.25) is 0 Å². The Labute approximate surface area is 72.1 Å². The SMILES string of the molecule is C=CC(C)COC(CC)O[SiH3]. The van der Waals surface area contributed by atoms with Gasteiger partial charge in [0.2, 0.25) is 0 Å². The van der Waals surface area contributed by atoms with E-state index in [9.17, 15) is 0 Å². The first kappa shape index (κ1) is 10.9. The van der Waals surface area contributed by atoms with Crippen molar-refractivity contribution in [2.24, 2.45) is 5.92 Å². The summed E-state index contributed by atoms with van der Waals surface area (Å²) < 4.78 is 10.6. The van der Waals surface area contributed by atoms with Gasteiger partial charge in [0, 0.05) is 0 Å². The second-order valence-electron chi connectivity index (χ2n) is 2.62. The summed E-state index contributed by atoms with van der Waals surface area (Å²) in [5, 5.41) is 0. The van der Waals surface area contributed by atoms with Crippen LogP contribution in [0.4, 0.5) is 0 Å². The van der Waals surface area contributed by atoms with Gasteiger partial charge in [0.1, 0.15) is 16.8 Å². The largest absolute Gasteiger partial charge is 0.404 e. The van der Waals surface area contributed by atoms with E-state index in [1.807, 2.05) is 6.08 Å². The van der Waals surface area contributed by atoms with Gasteiger partial charge in [-0.05, 0) is 12.3 Å². The van der Waals surface area contributed by atoms with Crippen molar-refractivity contribution >= 4 is 10.5 Å². The van der Waals surface area contributed by atoms with Crippen LogP contribution in [0.25, 0.3) is 0 Å². The fraction of sp³-hybridized carbons (Fsp3) is 0.750. The maximum atomic E-state index is 5.43. The smallest absolute Gasteiger partial charge is 0.149 e. The van der Waals surface area contributed by atoms with E-state index in [2.05, 4.69) is 20.4 Å². The molecule has 0 amide bonds. The van der Waals surface area contributed by atoms with Gasteiger partial charge in [0.25, 0.3) is 0 Å². The van der Waals surface area contributed by atoms with Crippen LogP contribution in [-0.2, 0) is 9.16 Å². The molecule has 2 nitrogen and oxygen atoms in total. The molecule has 0 aliphatic heterocycles. The van der Waals surface area contributed by atoms with E-state index in [-0.39, 0.29) is 6.29 Å². The van der Waals surface area contributed by atoms with Crippen LogP contribution in [0.15, 0.2) is 12.7 Å². The third-order valence-electron chi connectivity index (χ3n) is 1.54. The monoisotopic (exact) mass is 174 g/mol. The standard InChI is InChI=1S/C8H18O2Si/c1-4-7(3)6-9-8(5-2)10-11/h4,7-8H,1,5-6H2,2-3,11H3.